The number of amides is 1. The molecule has 0 unspecified atom stereocenters. The highest BCUT2D eigenvalue weighted by Gasteiger charge is 2.13. The van der Waals surface area contributed by atoms with Gasteiger partial charge in [0.05, 0.1) is 14.2 Å². The molecule has 0 aliphatic carbocycles. The van der Waals surface area contributed by atoms with Crippen LogP contribution < -0.4 is 19.7 Å². The molecule has 1 amide bonds. The fraction of sp³-hybridized carbons (Fsp3) is 0.400. The van der Waals surface area contributed by atoms with Crippen LogP contribution in [0.3, 0.4) is 0 Å². The molecule has 0 radical (unpaired) electrons. The van der Waals surface area contributed by atoms with Crippen molar-refractivity contribution in [2.75, 3.05) is 14.2 Å². The number of carbonyl (C=O) groups is 1. The lowest BCUT2D eigenvalue weighted by molar-refractivity contribution is -0.121. The number of nitrogens with zero attached hydrogens (tertiary/aromatic N) is 1. The average molecular weight is 391 g/mol. The van der Waals surface area contributed by atoms with Crippen LogP contribution >= 0.6 is 11.3 Å². The highest BCUT2D eigenvalue weighted by molar-refractivity contribution is 7.09. The van der Waals surface area contributed by atoms with E-state index in [2.05, 4.69) is 11.9 Å². The molecular weight excluding hydrogens is 364 g/mol. The molecular formula is C20H26N2O4S. The molecule has 0 saturated carbocycles. The molecule has 0 bridgehead atoms. The first-order chi connectivity index (χ1) is 12.9. The van der Waals surface area contributed by atoms with E-state index in [4.69, 9.17) is 9.47 Å². The van der Waals surface area contributed by atoms with Crippen LogP contribution in [0, 0.1) is 13.8 Å². The Kier molecular flexibility index (Phi) is 7.24. The van der Waals surface area contributed by atoms with Crippen LogP contribution in [-0.4, -0.2) is 24.7 Å². The maximum Gasteiger partial charge on any atom is 0.307 e. The molecule has 2 aromatic rings. The van der Waals surface area contributed by atoms with Gasteiger partial charge in [-0.15, -0.1) is 6.58 Å². The van der Waals surface area contributed by atoms with Gasteiger partial charge in [-0.3, -0.25) is 9.59 Å². The van der Waals surface area contributed by atoms with Crippen molar-refractivity contribution in [3.63, 3.8) is 0 Å². The third-order valence-electron chi connectivity index (χ3n) is 4.41. The Morgan fingerprint density at radius 2 is 2.04 bits per heavy atom. The predicted octanol–water partition coefficient (Wildman–Crippen LogP) is 2.98. The van der Waals surface area contributed by atoms with Crippen molar-refractivity contribution in [1.82, 2.24) is 9.88 Å². The smallest absolute Gasteiger partial charge is 0.307 e. The monoisotopic (exact) mass is 390 g/mol. The van der Waals surface area contributed by atoms with Gasteiger partial charge >= 0.3 is 4.87 Å². The third-order valence-corrected chi connectivity index (χ3v) is 5.40. The largest absolute Gasteiger partial charge is 0.493 e. The molecule has 0 spiro atoms. The minimum atomic E-state index is -0.106. The van der Waals surface area contributed by atoms with Crippen LogP contribution in [0.4, 0.5) is 0 Å². The van der Waals surface area contributed by atoms with E-state index in [9.17, 15) is 9.59 Å². The van der Waals surface area contributed by atoms with Crippen molar-refractivity contribution in [2.45, 2.75) is 39.8 Å². The van der Waals surface area contributed by atoms with E-state index in [1.54, 1.807) is 24.9 Å². The van der Waals surface area contributed by atoms with Crippen LogP contribution in [0.25, 0.3) is 0 Å². The Labute approximate surface area is 163 Å². The summed E-state index contributed by atoms with van der Waals surface area (Å²) in [5.74, 6) is 1.19. The minimum absolute atomic E-state index is 0.0215. The second kappa shape index (κ2) is 9.41. The lowest BCUT2D eigenvalue weighted by Crippen LogP contribution is -2.26. The normalized spacial score (nSPS) is 10.5. The second-order valence-electron chi connectivity index (χ2n) is 6.17. The van der Waals surface area contributed by atoms with Crippen LogP contribution in [0.5, 0.6) is 11.5 Å². The molecule has 2 rings (SSSR count). The van der Waals surface area contributed by atoms with Crippen molar-refractivity contribution in [3.05, 3.63) is 56.2 Å². The molecule has 0 fully saturated rings. The summed E-state index contributed by atoms with van der Waals surface area (Å²) < 4.78 is 12.5. The standard InChI is InChI=1S/C20H26N2O4S/c1-6-7-16-10-15(11-17(25-4)19(16)26-5)12-21-18(23)8-9-22-13(2)14(3)27-20(22)24/h6,10-11H,1,7-9,12H2,2-5H3,(H,21,23). The first-order valence-electron chi connectivity index (χ1n) is 8.69. The van der Waals surface area contributed by atoms with Gasteiger partial charge in [-0.1, -0.05) is 17.4 Å². The lowest BCUT2D eigenvalue weighted by Gasteiger charge is -2.15. The number of benzene rings is 1. The second-order valence-corrected chi connectivity index (χ2v) is 7.34. The first-order valence-corrected chi connectivity index (χ1v) is 9.51. The van der Waals surface area contributed by atoms with E-state index in [-0.39, 0.29) is 17.2 Å². The van der Waals surface area contributed by atoms with Crippen molar-refractivity contribution in [2.24, 2.45) is 0 Å². The molecule has 0 saturated heterocycles. The van der Waals surface area contributed by atoms with E-state index in [1.165, 1.54) is 11.3 Å². The Balaban J connectivity index is 2.02. The SMILES string of the molecule is C=CCc1cc(CNC(=O)CCn2c(C)c(C)sc2=O)cc(OC)c1OC. The summed E-state index contributed by atoms with van der Waals surface area (Å²) in [5.41, 5.74) is 2.79. The number of allylic oxidation sites excluding steroid dienone is 1. The number of hydrogen-bond acceptors (Lipinski definition) is 5. The van der Waals surface area contributed by atoms with E-state index in [0.717, 1.165) is 21.7 Å². The molecule has 0 aliphatic heterocycles. The number of aromatic nitrogens is 1. The van der Waals surface area contributed by atoms with Crippen LogP contribution in [-0.2, 0) is 24.3 Å². The van der Waals surface area contributed by atoms with E-state index < -0.39 is 0 Å². The quantitative estimate of drug-likeness (QED) is 0.669. The molecule has 146 valence electrons. The van der Waals surface area contributed by atoms with Crippen molar-refractivity contribution in [3.8, 4) is 11.5 Å². The number of thiazole rings is 1. The van der Waals surface area contributed by atoms with Crippen LogP contribution in [0.1, 0.15) is 28.1 Å². The molecule has 6 nitrogen and oxygen atoms in total. The van der Waals surface area contributed by atoms with Gasteiger partial charge in [0, 0.05) is 35.6 Å². The number of aryl methyl sites for hydroxylation is 1. The molecule has 1 N–H and O–H groups in total. The number of hydrogen-bond donors (Lipinski definition) is 1. The topological polar surface area (TPSA) is 69.6 Å². The van der Waals surface area contributed by atoms with Gasteiger partial charge in [0.2, 0.25) is 5.91 Å². The number of nitrogens with one attached hydrogen (secondary N) is 1. The van der Waals surface area contributed by atoms with Gasteiger partial charge in [0.1, 0.15) is 0 Å². The van der Waals surface area contributed by atoms with Crippen molar-refractivity contribution < 1.29 is 14.3 Å². The van der Waals surface area contributed by atoms with Crippen LogP contribution in [0.15, 0.2) is 29.6 Å². The van der Waals surface area contributed by atoms with Gasteiger partial charge in [-0.25, -0.2) is 0 Å². The zero-order valence-electron chi connectivity index (χ0n) is 16.3. The Morgan fingerprint density at radius 1 is 1.30 bits per heavy atom. The van der Waals surface area contributed by atoms with Gasteiger partial charge < -0.3 is 19.4 Å². The summed E-state index contributed by atoms with van der Waals surface area (Å²) in [7, 11) is 3.18. The summed E-state index contributed by atoms with van der Waals surface area (Å²) in [4.78, 5) is 25.1. The number of carbonyl (C=O) groups excluding carboxylic acids is 1. The molecule has 1 aromatic heterocycles. The maximum absolute atomic E-state index is 12.2. The van der Waals surface area contributed by atoms with Crippen molar-refractivity contribution >= 4 is 17.2 Å². The highest BCUT2D eigenvalue weighted by Crippen LogP contribution is 2.33. The van der Waals surface area contributed by atoms with Gasteiger partial charge in [-0.2, -0.15) is 0 Å². The van der Waals surface area contributed by atoms with E-state index >= 15 is 0 Å². The minimum Gasteiger partial charge on any atom is -0.493 e. The zero-order valence-corrected chi connectivity index (χ0v) is 17.1. The third kappa shape index (κ3) is 5.01. The fourth-order valence-corrected chi connectivity index (χ4v) is 3.72. The molecule has 0 atom stereocenters. The summed E-state index contributed by atoms with van der Waals surface area (Å²) in [6.07, 6.45) is 2.69. The van der Waals surface area contributed by atoms with Crippen LogP contribution in [0.2, 0.25) is 0 Å². The van der Waals surface area contributed by atoms with Gasteiger partial charge in [0.15, 0.2) is 11.5 Å². The molecule has 0 aliphatic rings. The number of rotatable bonds is 9. The Bertz CT molecular complexity index is 883. The molecule has 1 heterocycles. The molecule has 1 aromatic carbocycles. The number of methoxy groups -OCH3 is 2. The van der Waals surface area contributed by atoms with Gasteiger partial charge in [-0.05, 0) is 38.0 Å². The molecule has 27 heavy (non-hydrogen) atoms. The summed E-state index contributed by atoms with van der Waals surface area (Å²) >= 11 is 1.21. The van der Waals surface area contributed by atoms with E-state index in [1.807, 2.05) is 26.0 Å². The highest BCUT2D eigenvalue weighted by atomic mass is 32.1. The van der Waals surface area contributed by atoms with E-state index in [0.29, 0.717) is 31.0 Å². The fourth-order valence-electron chi connectivity index (χ4n) is 2.86. The van der Waals surface area contributed by atoms with Crippen molar-refractivity contribution in [1.29, 1.82) is 0 Å². The zero-order chi connectivity index (χ0) is 20.0. The first kappa shape index (κ1) is 20.8. The Morgan fingerprint density at radius 3 is 2.59 bits per heavy atom. The summed E-state index contributed by atoms with van der Waals surface area (Å²) in [5, 5.41) is 2.90. The predicted molar refractivity (Wildman–Crippen MR) is 108 cm³/mol. The summed E-state index contributed by atoms with van der Waals surface area (Å²) in [6.45, 7) is 8.34. The Hall–Kier alpha value is -2.54. The maximum atomic E-state index is 12.2. The van der Waals surface area contributed by atoms with Gasteiger partial charge in [0.25, 0.3) is 0 Å². The summed E-state index contributed by atoms with van der Waals surface area (Å²) in [6, 6.07) is 3.82. The number of ether oxygens (including phenoxy) is 2. The average Bonchev–Trinajstić information content (AvgIpc) is 2.89. The molecule has 7 heteroatoms. The lowest BCUT2D eigenvalue weighted by atomic mass is 10.1.